The Labute approximate surface area is 123 Å². The monoisotopic (exact) mass is 294 g/mol. The molecule has 0 aromatic carbocycles. The molecule has 0 bridgehead atoms. The first-order valence-electron chi connectivity index (χ1n) is 7.64. The number of likely N-dealkylation sites (tertiary alicyclic amines) is 1. The molecule has 1 aliphatic carbocycles. The highest BCUT2D eigenvalue weighted by atomic mass is 16.2. The van der Waals surface area contributed by atoms with Gasteiger partial charge in [-0.15, -0.1) is 0 Å². The van der Waals surface area contributed by atoms with Gasteiger partial charge in [0.05, 0.1) is 12.0 Å². The third kappa shape index (κ3) is 2.19. The first-order valence-corrected chi connectivity index (χ1v) is 7.64. The van der Waals surface area contributed by atoms with Gasteiger partial charge in [0.25, 0.3) is 5.91 Å². The van der Waals surface area contributed by atoms with E-state index in [1.165, 1.54) is 0 Å². The molecule has 116 valence electrons. The highest BCUT2D eigenvalue weighted by Crippen LogP contribution is 2.40. The van der Waals surface area contributed by atoms with Crippen LogP contribution in [-0.2, 0) is 9.59 Å². The molecule has 2 heterocycles. The van der Waals surface area contributed by atoms with E-state index in [9.17, 15) is 14.4 Å². The standard InChI is InChI=1S/C14H22N4O3/c15-8-13(4-1-2-5-13)11(20)18-7-3-6-14(9-18)10(19)16-12(21)17-14/h1-9,15H2,(H2,16,17,19,21). The van der Waals surface area contributed by atoms with Crippen molar-refractivity contribution >= 4 is 17.8 Å². The number of nitrogens with zero attached hydrogens (tertiary/aromatic N) is 1. The Morgan fingerprint density at radius 1 is 1.19 bits per heavy atom. The minimum Gasteiger partial charge on any atom is -0.339 e. The van der Waals surface area contributed by atoms with Crippen molar-refractivity contribution in [3.63, 3.8) is 0 Å². The maximum Gasteiger partial charge on any atom is 0.322 e. The predicted molar refractivity (Wildman–Crippen MR) is 75.2 cm³/mol. The van der Waals surface area contributed by atoms with E-state index in [1.807, 2.05) is 0 Å². The number of hydrogen-bond acceptors (Lipinski definition) is 4. The first kappa shape index (κ1) is 14.3. The molecule has 0 radical (unpaired) electrons. The lowest BCUT2D eigenvalue weighted by molar-refractivity contribution is -0.145. The molecule has 7 heteroatoms. The van der Waals surface area contributed by atoms with Gasteiger partial charge in [0, 0.05) is 13.1 Å². The molecular formula is C14H22N4O3. The summed E-state index contributed by atoms with van der Waals surface area (Å²) in [6.07, 6.45) is 4.98. The molecule has 1 spiro atoms. The summed E-state index contributed by atoms with van der Waals surface area (Å²) >= 11 is 0. The number of carbonyl (C=O) groups excluding carboxylic acids is 3. The second kappa shape index (κ2) is 4.98. The Morgan fingerprint density at radius 2 is 1.90 bits per heavy atom. The van der Waals surface area contributed by atoms with Gasteiger partial charge in [-0.05, 0) is 25.7 Å². The van der Waals surface area contributed by atoms with Crippen molar-refractivity contribution in [2.75, 3.05) is 19.6 Å². The molecule has 2 saturated heterocycles. The van der Waals surface area contributed by atoms with Crippen LogP contribution in [0.15, 0.2) is 0 Å². The van der Waals surface area contributed by atoms with E-state index in [1.54, 1.807) is 4.90 Å². The molecule has 4 N–H and O–H groups in total. The van der Waals surface area contributed by atoms with E-state index in [0.29, 0.717) is 25.9 Å². The molecule has 1 atom stereocenters. The Kier molecular flexibility index (Phi) is 3.39. The van der Waals surface area contributed by atoms with Crippen molar-refractivity contribution in [3.05, 3.63) is 0 Å². The third-order valence-electron chi connectivity index (χ3n) is 5.20. The summed E-state index contributed by atoms with van der Waals surface area (Å²) in [5.41, 5.74) is 4.47. The first-order chi connectivity index (χ1) is 10.0. The number of rotatable bonds is 2. The van der Waals surface area contributed by atoms with Crippen LogP contribution < -0.4 is 16.4 Å². The molecule has 7 nitrogen and oxygen atoms in total. The third-order valence-corrected chi connectivity index (χ3v) is 5.20. The van der Waals surface area contributed by atoms with Gasteiger partial charge >= 0.3 is 6.03 Å². The molecule has 4 amide bonds. The van der Waals surface area contributed by atoms with Gasteiger partial charge in [0.1, 0.15) is 5.54 Å². The Balaban J connectivity index is 1.79. The molecule has 3 rings (SSSR count). The zero-order chi connectivity index (χ0) is 15.1. The summed E-state index contributed by atoms with van der Waals surface area (Å²) in [5.74, 6) is -0.270. The van der Waals surface area contributed by atoms with E-state index < -0.39 is 17.0 Å². The molecule has 0 aromatic heterocycles. The number of nitrogens with one attached hydrogen (secondary N) is 2. The fourth-order valence-electron chi connectivity index (χ4n) is 3.94. The largest absolute Gasteiger partial charge is 0.339 e. The molecule has 3 aliphatic rings. The molecule has 1 unspecified atom stereocenters. The fourth-order valence-corrected chi connectivity index (χ4v) is 3.94. The summed E-state index contributed by atoms with van der Waals surface area (Å²) in [5, 5.41) is 4.98. The number of amides is 4. The summed E-state index contributed by atoms with van der Waals surface area (Å²) in [7, 11) is 0. The topological polar surface area (TPSA) is 105 Å². The van der Waals surface area contributed by atoms with E-state index >= 15 is 0 Å². The second-order valence-corrected chi connectivity index (χ2v) is 6.51. The highest BCUT2D eigenvalue weighted by molar-refractivity contribution is 6.07. The van der Waals surface area contributed by atoms with Crippen LogP contribution in [-0.4, -0.2) is 47.9 Å². The minimum absolute atomic E-state index is 0.0514. The predicted octanol–water partition coefficient (Wildman–Crippen LogP) is -0.294. The molecule has 2 aliphatic heterocycles. The average molecular weight is 294 g/mol. The van der Waals surface area contributed by atoms with Crippen molar-refractivity contribution in [3.8, 4) is 0 Å². The second-order valence-electron chi connectivity index (χ2n) is 6.51. The number of nitrogens with two attached hydrogens (primary N) is 1. The van der Waals surface area contributed by atoms with Crippen LogP contribution in [0.1, 0.15) is 38.5 Å². The van der Waals surface area contributed by atoms with Crippen molar-refractivity contribution in [2.45, 2.75) is 44.1 Å². The van der Waals surface area contributed by atoms with Crippen LogP contribution in [0.25, 0.3) is 0 Å². The smallest absolute Gasteiger partial charge is 0.322 e. The molecular weight excluding hydrogens is 272 g/mol. The van der Waals surface area contributed by atoms with Crippen LogP contribution in [0.3, 0.4) is 0 Å². The van der Waals surface area contributed by atoms with Crippen LogP contribution in [0, 0.1) is 5.41 Å². The normalized spacial score (nSPS) is 31.4. The Bertz CT molecular complexity index is 487. The number of urea groups is 1. The van der Waals surface area contributed by atoms with Gasteiger partial charge in [0.15, 0.2) is 0 Å². The van der Waals surface area contributed by atoms with Gasteiger partial charge in [0.2, 0.25) is 5.91 Å². The SMILES string of the molecule is NCC1(C(=O)N2CCCC3(C2)NC(=O)NC3=O)CCCC1. The highest BCUT2D eigenvalue weighted by Gasteiger charge is 2.52. The zero-order valence-electron chi connectivity index (χ0n) is 12.1. The van der Waals surface area contributed by atoms with E-state index in [0.717, 1.165) is 25.7 Å². The van der Waals surface area contributed by atoms with Crippen molar-refractivity contribution in [2.24, 2.45) is 11.1 Å². The minimum atomic E-state index is -0.945. The average Bonchev–Trinajstić information content (AvgIpc) is 3.05. The van der Waals surface area contributed by atoms with Crippen molar-refractivity contribution < 1.29 is 14.4 Å². The lowest BCUT2D eigenvalue weighted by Gasteiger charge is -2.41. The van der Waals surface area contributed by atoms with Crippen LogP contribution in [0.2, 0.25) is 0 Å². The number of imide groups is 1. The maximum absolute atomic E-state index is 12.9. The van der Waals surface area contributed by atoms with Crippen LogP contribution in [0.5, 0.6) is 0 Å². The lowest BCUT2D eigenvalue weighted by Crippen LogP contribution is -2.61. The Hall–Kier alpha value is -1.63. The summed E-state index contributed by atoms with van der Waals surface area (Å²) in [6, 6.07) is -0.469. The van der Waals surface area contributed by atoms with E-state index in [2.05, 4.69) is 10.6 Å². The van der Waals surface area contributed by atoms with Gasteiger partial charge < -0.3 is 16.0 Å². The lowest BCUT2D eigenvalue weighted by atomic mass is 9.82. The number of piperidine rings is 1. The van der Waals surface area contributed by atoms with E-state index in [4.69, 9.17) is 5.73 Å². The van der Waals surface area contributed by atoms with Crippen molar-refractivity contribution in [1.82, 2.24) is 15.5 Å². The molecule has 21 heavy (non-hydrogen) atoms. The Morgan fingerprint density at radius 3 is 2.48 bits per heavy atom. The number of carbonyl (C=O) groups is 3. The summed E-state index contributed by atoms with van der Waals surface area (Å²) in [6.45, 7) is 1.24. The maximum atomic E-state index is 12.9. The summed E-state index contributed by atoms with van der Waals surface area (Å²) < 4.78 is 0. The molecule has 0 aromatic rings. The van der Waals surface area contributed by atoms with Crippen LogP contribution in [0.4, 0.5) is 4.79 Å². The van der Waals surface area contributed by atoms with Crippen LogP contribution >= 0.6 is 0 Å². The molecule has 3 fully saturated rings. The number of hydrogen-bond donors (Lipinski definition) is 3. The van der Waals surface area contributed by atoms with Gasteiger partial charge in [-0.2, -0.15) is 0 Å². The quantitative estimate of drug-likeness (QED) is 0.608. The van der Waals surface area contributed by atoms with Gasteiger partial charge in [-0.3, -0.25) is 14.9 Å². The summed E-state index contributed by atoms with van der Waals surface area (Å²) in [4.78, 5) is 38.1. The van der Waals surface area contributed by atoms with E-state index in [-0.39, 0.29) is 18.4 Å². The van der Waals surface area contributed by atoms with Crippen molar-refractivity contribution in [1.29, 1.82) is 0 Å². The van der Waals surface area contributed by atoms with Gasteiger partial charge in [-0.1, -0.05) is 12.8 Å². The zero-order valence-corrected chi connectivity index (χ0v) is 12.1. The van der Waals surface area contributed by atoms with Gasteiger partial charge in [-0.25, -0.2) is 4.79 Å². The fraction of sp³-hybridized carbons (Fsp3) is 0.786. The molecule has 1 saturated carbocycles.